The molecule has 2 N–H and O–H groups in total. The lowest BCUT2D eigenvalue weighted by Gasteiger charge is -2.14. The minimum Gasteiger partial charge on any atom is -0.497 e. The van der Waals surface area contributed by atoms with Gasteiger partial charge in [0.15, 0.2) is 5.78 Å². The van der Waals surface area contributed by atoms with Gasteiger partial charge in [0.05, 0.1) is 45.4 Å². The number of imidazole rings is 1. The van der Waals surface area contributed by atoms with Crippen LogP contribution in [0.1, 0.15) is 28.8 Å². The second kappa shape index (κ2) is 16.5. The van der Waals surface area contributed by atoms with Gasteiger partial charge in [0.2, 0.25) is 0 Å². The maximum absolute atomic E-state index is 12.9. The van der Waals surface area contributed by atoms with Gasteiger partial charge in [0.1, 0.15) is 17.3 Å². The van der Waals surface area contributed by atoms with Crippen molar-refractivity contribution in [2.24, 2.45) is 5.73 Å². The van der Waals surface area contributed by atoms with Crippen LogP contribution in [0.2, 0.25) is 0 Å². The molecular formula is C37H40N4O5. The predicted molar refractivity (Wildman–Crippen MR) is 179 cm³/mol. The molecule has 2 heterocycles. The average Bonchev–Trinajstić information content (AvgIpc) is 3.48. The molecule has 2 aromatic heterocycles. The lowest BCUT2D eigenvalue weighted by Crippen LogP contribution is -2.12. The van der Waals surface area contributed by atoms with Crippen LogP contribution in [0.4, 0.5) is 0 Å². The van der Waals surface area contributed by atoms with Crippen molar-refractivity contribution in [1.29, 1.82) is 0 Å². The van der Waals surface area contributed by atoms with Crippen molar-refractivity contribution in [3.05, 3.63) is 108 Å². The molecule has 0 saturated carbocycles. The van der Waals surface area contributed by atoms with E-state index in [9.17, 15) is 4.79 Å². The summed E-state index contributed by atoms with van der Waals surface area (Å²) in [4.78, 5) is 22.5. The highest BCUT2D eigenvalue weighted by Gasteiger charge is 2.22. The van der Waals surface area contributed by atoms with E-state index >= 15 is 0 Å². The minimum atomic E-state index is 0.0916. The summed E-state index contributed by atoms with van der Waals surface area (Å²) in [7, 11) is 3.32. The van der Waals surface area contributed by atoms with Gasteiger partial charge in [-0.05, 0) is 72.6 Å². The van der Waals surface area contributed by atoms with Crippen molar-refractivity contribution in [2.45, 2.75) is 19.4 Å². The third-order valence-corrected chi connectivity index (χ3v) is 7.56. The van der Waals surface area contributed by atoms with Crippen LogP contribution in [-0.2, 0) is 16.0 Å². The zero-order valence-corrected chi connectivity index (χ0v) is 26.4. The number of benzene rings is 3. The van der Waals surface area contributed by atoms with Crippen molar-refractivity contribution >= 4 is 5.78 Å². The van der Waals surface area contributed by atoms with E-state index in [2.05, 4.69) is 9.55 Å². The van der Waals surface area contributed by atoms with Gasteiger partial charge in [-0.2, -0.15) is 0 Å². The average molecular weight is 621 g/mol. The lowest BCUT2D eigenvalue weighted by atomic mass is 10.0. The highest BCUT2D eigenvalue weighted by molar-refractivity contribution is 5.96. The van der Waals surface area contributed by atoms with E-state index in [0.717, 1.165) is 51.0 Å². The third kappa shape index (κ3) is 8.25. The van der Waals surface area contributed by atoms with Crippen LogP contribution < -0.4 is 15.2 Å². The second-order valence-electron chi connectivity index (χ2n) is 10.7. The molecule has 0 fully saturated rings. The van der Waals surface area contributed by atoms with Crippen molar-refractivity contribution in [3.63, 3.8) is 0 Å². The first-order valence-corrected chi connectivity index (χ1v) is 15.4. The fraction of sp³-hybridized carbons (Fsp3) is 0.270. The zero-order valence-electron chi connectivity index (χ0n) is 26.4. The second-order valence-corrected chi connectivity index (χ2v) is 10.7. The number of aromatic nitrogens is 3. The van der Waals surface area contributed by atoms with Gasteiger partial charge >= 0.3 is 0 Å². The molecule has 5 aromatic rings. The topological polar surface area (TPSA) is 111 Å². The van der Waals surface area contributed by atoms with Gasteiger partial charge in [-0.3, -0.25) is 9.78 Å². The van der Waals surface area contributed by atoms with E-state index in [-0.39, 0.29) is 5.78 Å². The fourth-order valence-corrected chi connectivity index (χ4v) is 5.18. The van der Waals surface area contributed by atoms with E-state index in [1.807, 2.05) is 91.1 Å². The molecule has 9 heteroatoms. The molecule has 0 bridgehead atoms. The van der Waals surface area contributed by atoms with Crippen molar-refractivity contribution < 1.29 is 23.7 Å². The standard InChI is InChI=1S/C37H40N4O5/c1-43-32-15-11-29(12-16-32)35-36(30-13-17-33(44-2)18-14-30)41(37(40-35)31-5-3-20-39-25-31)26-27-7-9-28(10-8-27)34(42)6-4-21-45-23-24-46-22-19-38/h3,5,7-18,20,25H,4,6,19,21-24,26,38H2,1-2H3. The van der Waals surface area contributed by atoms with Crippen LogP contribution in [0.25, 0.3) is 33.9 Å². The molecule has 0 radical (unpaired) electrons. The van der Waals surface area contributed by atoms with Gasteiger partial charge in [0.25, 0.3) is 0 Å². The predicted octanol–water partition coefficient (Wildman–Crippen LogP) is 6.30. The van der Waals surface area contributed by atoms with Gasteiger partial charge in [0, 0.05) is 60.8 Å². The molecule has 0 aliphatic rings. The van der Waals surface area contributed by atoms with E-state index in [1.165, 1.54) is 0 Å². The summed E-state index contributed by atoms with van der Waals surface area (Å²) >= 11 is 0. The number of nitrogens with two attached hydrogens (primary N) is 1. The Hall–Kier alpha value is -4.83. The Labute approximate surface area is 269 Å². The molecule has 0 aliphatic heterocycles. The van der Waals surface area contributed by atoms with Gasteiger partial charge in [-0.15, -0.1) is 0 Å². The highest BCUT2D eigenvalue weighted by Crippen LogP contribution is 2.38. The molecule has 0 aliphatic carbocycles. The first-order valence-electron chi connectivity index (χ1n) is 15.4. The number of methoxy groups -OCH3 is 2. The van der Waals surface area contributed by atoms with Crippen molar-refractivity contribution in [2.75, 3.05) is 47.2 Å². The molecule has 5 rings (SSSR count). The van der Waals surface area contributed by atoms with Crippen LogP contribution in [-0.4, -0.2) is 67.5 Å². The molecule has 3 aromatic carbocycles. The van der Waals surface area contributed by atoms with Crippen LogP contribution in [0.3, 0.4) is 0 Å². The summed E-state index contributed by atoms with van der Waals surface area (Å²) in [5.74, 6) is 2.43. The van der Waals surface area contributed by atoms with Crippen LogP contribution in [0.5, 0.6) is 11.5 Å². The van der Waals surface area contributed by atoms with Gasteiger partial charge in [-0.1, -0.05) is 24.3 Å². The highest BCUT2D eigenvalue weighted by atomic mass is 16.5. The summed E-state index contributed by atoms with van der Waals surface area (Å²) in [6, 6.07) is 27.7. The SMILES string of the molecule is COc1ccc(-c2nc(-c3cccnc3)n(Cc3ccc(C(=O)CCCOCCOCCN)cc3)c2-c2ccc(OC)cc2)cc1. The number of ketones is 1. The van der Waals surface area contributed by atoms with E-state index in [4.69, 9.17) is 29.7 Å². The summed E-state index contributed by atoms with van der Waals surface area (Å²) < 4.78 is 23.9. The Morgan fingerprint density at radius 3 is 2.02 bits per heavy atom. The van der Waals surface area contributed by atoms with E-state index in [0.29, 0.717) is 57.9 Å². The number of nitrogens with zero attached hydrogens (tertiary/aromatic N) is 3. The molecule has 238 valence electrons. The van der Waals surface area contributed by atoms with E-state index < -0.39 is 0 Å². The summed E-state index contributed by atoms with van der Waals surface area (Å²) in [5, 5.41) is 0. The maximum atomic E-state index is 12.9. The molecule has 0 amide bonds. The maximum Gasteiger partial charge on any atom is 0.162 e. The number of carbonyl (C=O) groups excluding carboxylic acids is 1. The Balaban J connectivity index is 1.43. The fourth-order valence-electron chi connectivity index (χ4n) is 5.18. The number of ether oxygens (including phenoxy) is 4. The molecule has 0 saturated heterocycles. The third-order valence-electron chi connectivity index (χ3n) is 7.56. The smallest absolute Gasteiger partial charge is 0.162 e. The summed E-state index contributed by atoms with van der Waals surface area (Å²) in [6.07, 6.45) is 4.65. The van der Waals surface area contributed by atoms with Crippen LogP contribution in [0.15, 0.2) is 97.3 Å². The Morgan fingerprint density at radius 1 is 0.761 bits per heavy atom. The Bertz CT molecular complexity index is 1670. The lowest BCUT2D eigenvalue weighted by molar-refractivity contribution is 0.0489. The molecule has 0 atom stereocenters. The van der Waals surface area contributed by atoms with Gasteiger partial charge in [-0.25, -0.2) is 4.98 Å². The summed E-state index contributed by atoms with van der Waals surface area (Å²) in [5.41, 5.74) is 11.8. The number of carbonyl (C=O) groups is 1. The van der Waals surface area contributed by atoms with Crippen molar-refractivity contribution in [1.82, 2.24) is 14.5 Å². The van der Waals surface area contributed by atoms with Gasteiger partial charge < -0.3 is 29.2 Å². The zero-order chi connectivity index (χ0) is 32.1. The van der Waals surface area contributed by atoms with Crippen molar-refractivity contribution in [3.8, 4) is 45.4 Å². The number of hydrogen-bond donors (Lipinski definition) is 1. The minimum absolute atomic E-state index is 0.0916. The number of rotatable bonds is 17. The summed E-state index contributed by atoms with van der Waals surface area (Å²) in [6.45, 7) is 3.07. The monoisotopic (exact) mass is 620 g/mol. The normalized spacial score (nSPS) is 11.0. The number of hydrogen-bond acceptors (Lipinski definition) is 8. The van der Waals surface area contributed by atoms with Crippen LogP contribution in [0, 0.1) is 0 Å². The first kappa shape index (κ1) is 32.6. The Kier molecular flexibility index (Phi) is 11.7. The van der Waals surface area contributed by atoms with Crippen LogP contribution >= 0.6 is 0 Å². The Morgan fingerprint density at radius 2 is 1.41 bits per heavy atom. The van der Waals surface area contributed by atoms with E-state index in [1.54, 1.807) is 20.4 Å². The quantitative estimate of drug-likeness (QED) is 0.0953. The molecule has 0 unspecified atom stereocenters. The molecule has 46 heavy (non-hydrogen) atoms. The number of pyridine rings is 1. The molecule has 9 nitrogen and oxygen atoms in total. The molecule has 0 spiro atoms. The largest absolute Gasteiger partial charge is 0.497 e. The molecular weight excluding hydrogens is 580 g/mol. The number of Topliss-reactive ketones (excluding diaryl/α,β-unsaturated/α-hetero) is 1. The first-order chi connectivity index (χ1) is 22.6.